The van der Waals surface area contributed by atoms with Crippen LogP contribution in [0.25, 0.3) is 22.7 Å². The maximum atomic E-state index is 13.7. The Morgan fingerprint density at radius 3 is 2.68 bits per heavy atom. The van der Waals surface area contributed by atoms with Crippen molar-refractivity contribution in [2.45, 2.75) is 12.8 Å². The second kappa shape index (κ2) is 6.48. The Kier molecular flexibility index (Phi) is 4.37. The topological polar surface area (TPSA) is 105 Å². The molecule has 0 spiro atoms. The summed E-state index contributed by atoms with van der Waals surface area (Å²) in [6.45, 7) is 0. The number of benzene rings is 1. The average molecular weight is 364 g/mol. The van der Waals surface area contributed by atoms with Crippen molar-refractivity contribution < 1.29 is 19.4 Å². The molecule has 25 heavy (non-hydrogen) atoms. The van der Waals surface area contributed by atoms with Crippen molar-refractivity contribution in [2.24, 2.45) is 0 Å². The first-order chi connectivity index (χ1) is 11.9. The Labute approximate surface area is 144 Å². The highest BCUT2D eigenvalue weighted by Gasteiger charge is 2.14. The normalized spacial score (nSPS) is 12.4. The predicted molar refractivity (Wildman–Crippen MR) is 87.8 cm³/mol. The van der Waals surface area contributed by atoms with Crippen molar-refractivity contribution >= 4 is 29.0 Å². The molecule has 0 amide bonds. The van der Waals surface area contributed by atoms with Gasteiger partial charge < -0.3 is 10.2 Å². The van der Waals surface area contributed by atoms with E-state index in [-0.39, 0.29) is 40.2 Å². The van der Waals surface area contributed by atoms with Crippen molar-refractivity contribution in [2.75, 3.05) is 0 Å². The number of carboxylic acids is 1. The lowest BCUT2D eigenvalue weighted by atomic mass is 10.1. The summed E-state index contributed by atoms with van der Waals surface area (Å²) < 4.78 is 15.0. The van der Waals surface area contributed by atoms with Crippen LogP contribution in [0.2, 0.25) is 5.02 Å². The standard InChI is InChI=1S/C16H11ClFN3O4/c17-9-2-1-8(5-10(9)18)11-6-13(23)15(12(22)3-4-14(24)25)16-19-7-20-21(11)16/h1-2,5-7,22H,3-4H2,(H,24,25)/b15-12-. The van der Waals surface area contributed by atoms with Gasteiger partial charge in [0.2, 0.25) is 0 Å². The number of carbonyl (C=O) groups is 1. The molecule has 128 valence electrons. The van der Waals surface area contributed by atoms with E-state index in [0.29, 0.717) is 5.56 Å². The van der Waals surface area contributed by atoms with Crippen LogP contribution >= 0.6 is 11.6 Å². The largest absolute Gasteiger partial charge is 0.511 e. The van der Waals surface area contributed by atoms with Crippen LogP contribution in [0, 0.1) is 5.82 Å². The van der Waals surface area contributed by atoms with E-state index in [2.05, 4.69) is 10.1 Å². The molecule has 0 unspecified atom stereocenters. The molecule has 0 fully saturated rings. The number of fused-ring (bicyclic) bond motifs is 1. The number of aromatic nitrogens is 3. The molecule has 0 saturated carbocycles. The van der Waals surface area contributed by atoms with Crippen LogP contribution in [0.15, 0.2) is 35.4 Å². The summed E-state index contributed by atoms with van der Waals surface area (Å²) in [7, 11) is 0. The van der Waals surface area contributed by atoms with Gasteiger partial charge >= 0.3 is 5.97 Å². The molecule has 7 nitrogen and oxygen atoms in total. The molecule has 0 aliphatic rings. The molecule has 9 heteroatoms. The number of aliphatic hydroxyl groups is 1. The van der Waals surface area contributed by atoms with Crippen LogP contribution in [-0.2, 0) is 4.79 Å². The number of hydrogen-bond acceptors (Lipinski definition) is 5. The van der Waals surface area contributed by atoms with E-state index in [9.17, 15) is 19.1 Å². The summed E-state index contributed by atoms with van der Waals surface area (Å²) in [5.41, 5.74) is 0.100. The zero-order valence-electron chi connectivity index (χ0n) is 12.6. The first kappa shape index (κ1) is 16.8. The average Bonchev–Trinajstić information content (AvgIpc) is 3.03. The second-order valence-corrected chi connectivity index (χ2v) is 5.64. The van der Waals surface area contributed by atoms with Crippen LogP contribution in [0.1, 0.15) is 12.8 Å². The van der Waals surface area contributed by atoms with Gasteiger partial charge in [-0.25, -0.2) is 13.9 Å². The molecule has 2 N–H and O–H groups in total. The van der Waals surface area contributed by atoms with Gasteiger partial charge in [0, 0.05) is 18.1 Å². The van der Waals surface area contributed by atoms with E-state index in [1.807, 2.05) is 0 Å². The van der Waals surface area contributed by atoms with Crippen molar-refractivity contribution in [1.82, 2.24) is 14.6 Å². The maximum Gasteiger partial charge on any atom is 0.303 e. The number of aliphatic carboxylic acids is 1. The Balaban J connectivity index is 2.26. The molecule has 3 aromatic rings. The Hall–Kier alpha value is -3.00. The number of rotatable bonds is 4. The van der Waals surface area contributed by atoms with Gasteiger partial charge in [0.05, 0.1) is 17.1 Å². The van der Waals surface area contributed by atoms with E-state index >= 15 is 0 Å². The monoisotopic (exact) mass is 363 g/mol. The highest BCUT2D eigenvalue weighted by molar-refractivity contribution is 6.30. The molecule has 0 saturated heterocycles. The Bertz CT molecular complexity index is 1100. The zero-order chi connectivity index (χ0) is 18.1. The quantitative estimate of drug-likeness (QED) is 0.732. The second-order valence-electron chi connectivity index (χ2n) is 5.23. The van der Waals surface area contributed by atoms with Crippen LogP contribution in [-0.4, -0.2) is 30.8 Å². The van der Waals surface area contributed by atoms with E-state index in [0.717, 1.165) is 6.07 Å². The van der Waals surface area contributed by atoms with Crippen molar-refractivity contribution in [1.29, 1.82) is 0 Å². The van der Waals surface area contributed by atoms with E-state index in [1.165, 1.54) is 29.0 Å². The molecular weight excluding hydrogens is 353 g/mol. The fourth-order valence-corrected chi connectivity index (χ4v) is 2.56. The molecule has 1 aromatic carbocycles. The third-order valence-electron chi connectivity index (χ3n) is 3.59. The van der Waals surface area contributed by atoms with Crippen LogP contribution in [0.3, 0.4) is 0 Å². The Morgan fingerprint density at radius 1 is 1.24 bits per heavy atom. The lowest BCUT2D eigenvalue weighted by Gasteiger charge is -2.06. The van der Waals surface area contributed by atoms with Gasteiger partial charge in [0.15, 0.2) is 11.1 Å². The summed E-state index contributed by atoms with van der Waals surface area (Å²) in [5, 5.41) is 22.6. The molecule has 0 atom stereocenters. The van der Waals surface area contributed by atoms with Gasteiger partial charge in [-0.2, -0.15) is 5.10 Å². The SMILES string of the molecule is O=C(O)CC/C(O)=c1\c(=O)cc(-c2ccc(Cl)c(F)c2)n2ncnc12. The van der Waals surface area contributed by atoms with Gasteiger partial charge in [-0.15, -0.1) is 0 Å². The third-order valence-corrected chi connectivity index (χ3v) is 3.90. The summed E-state index contributed by atoms with van der Waals surface area (Å²) in [6, 6.07) is 5.21. The minimum atomic E-state index is -1.11. The van der Waals surface area contributed by atoms with Gasteiger partial charge in [-0.3, -0.25) is 9.59 Å². The maximum absolute atomic E-state index is 13.7. The first-order valence-corrected chi connectivity index (χ1v) is 7.52. The zero-order valence-corrected chi connectivity index (χ0v) is 13.4. The number of pyridine rings is 1. The van der Waals surface area contributed by atoms with Crippen LogP contribution < -0.4 is 10.6 Å². The lowest BCUT2D eigenvalue weighted by molar-refractivity contribution is -0.136. The summed E-state index contributed by atoms with van der Waals surface area (Å²) in [6.07, 6.45) is 0.621. The minimum Gasteiger partial charge on any atom is -0.511 e. The molecular formula is C16H11ClFN3O4. The van der Waals surface area contributed by atoms with Gasteiger partial charge in [0.25, 0.3) is 0 Å². The Morgan fingerprint density at radius 2 is 2.00 bits per heavy atom. The molecule has 2 heterocycles. The summed E-state index contributed by atoms with van der Waals surface area (Å²) >= 11 is 5.67. The molecule has 3 rings (SSSR count). The highest BCUT2D eigenvalue weighted by atomic mass is 35.5. The first-order valence-electron chi connectivity index (χ1n) is 7.14. The number of carboxylic acid groups (broad SMARTS) is 1. The summed E-state index contributed by atoms with van der Waals surface area (Å²) in [4.78, 5) is 27.0. The molecule has 0 bridgehead atoms. The van der Waals surface area contributed by atoms with Crippen molar-refractivity contribution in [3.63, 3.8) is 0 Å². The number of nitrogens with zero attached hydrogens (tertiary/aromatic N) is 3. The highest BCUT2D eigenvalue weighted by Crippen LogP contribution is 2.23. The fraction of sp³-hybridized carbons (Fsp3) is 0.125. The smallest absolute Gasteiger partial charge is 0.303 e. The minimum absolute atomic E-state index is 0.0562. The third kappa shape index (κ3) is 3.16. The fourth-order valence-electron chi connectivity index (χ4n) is 2.44. The number of halogens is 2. The molecule has 0 radical (unpaired) electrons. The van der Waals surface area contributed by atoms with Crippen molar-refractivity contribution in [3.05, 3.63) is 56.9 Å². The number of aliphatic hydroxyl groups excluding tert-OH is 1. The molecule has 0 aliphatic carbocycles. The van der Waals surface area contributed by atoms with E-state index in [1.54, 1.807) is 0 Å². The van der Waals surface area contributed by atoms with Gasteiger partial charge in [0.1, 0.15) is 23.1 Å². The van der Waals surface area contributed by atoms with Gasteiger partial charge in [-0.05, 0) is 12.1 Å². The van der Waals surface area contributed by atoms with E-state index < -0.39 is 17.2 Å². The predicted octanol–water partition coefficient (Wildman–Crippen LogP) is 1.80. The van der Waals surface area contributed by atoms with Gasteiger partial charge in [-0.1, -0.05) is 17.7 Å². The number of hydrogen-bond donors (Lipinski definition) is 2. The van der Waals surface area contributed by atoms with Crippen LogP contribution in [0.4, 0.5) is 4.39 Å². The summed E-state index contributed by atoms with van der Waals surface area (Å²) in [5.74, 6) is -2.15. The molecule has 0 aliphatic heterocycles. The van der Waals surface area contributed by atoms with E-state index in [4.69, 9.17) is 16.7 Å². The molecule has 2 aromatic heterocycles. The van der Waals surface area contributed by atoms with Crippen molar-refractivity contribution in [3.8, 4) is 11.3 Å². The van der Waals surface area contributed by atoms with Crippen LogP contribution in [0.5, 0.6) is 0 Å². The lowest BCUT2D eigenvalue weighted by Crippen LogP contribution is -2.30.